The van der Waals surface area contributed by atoms with E-state index in [1.807, 2.05) is 18.2 Å². The third-order valence-electron chi connectivity index (χ3n) is 4.04. The highest BCUT2D eigenvalue weighted by molar-refractivity contribution is 6.08. The quantitative estimate of drug-likeness (QED) is 0.885. The first-order chi connectivity index (χ1) is 10.1. The van der Waals surface area contributed by atoms with Crippen LogP contribution in [0.2, 0.25) is 0 Å². The van der Waals surface area contributed by atoms with Gasteiger partial charge in [-0.05, 0) is 36.6 Å². The van der Waals surface area contributed by atoms with Gasteiger partial charge in [-0.2, -0.15) is 0 Å². The lowest BCUT2D eigenvalue weighted by Gasteiger charge is -2.37. The summed E-state index contributed by atoms with van der Waals surface area (Å²) in [5, 5.41) is 0.954. The Balaban J connectivity index is 0.00000176. The first kappa shape index (κ1) is 16.5. The molecule has 1 amide bonds. The Kier molecular flexibility index (Phi) is 4.88. The van der Waals surface area contributed by atoms with Crippen molar-refractivity contribution in [1.82, 2.24) is 4.98 Å². The SMILES string of the molecule is C[C@H]1C[C@@H](N)CN(c2ccc(C(N)=O)c3ncccc23)C1.Cl. The molecule has 118 valence electrons. The van der Waals surface area contributed by atoms with Crippen molar-refractivity contribution in [1.29, 1.82) is 0 Å². The normalized spacial score (nSPS) is 21.5. The zero-order chi connectivity index (χ0) is 15.0. The third-order valence-corrected chi connectivity index (χ3v) is 4.04. The summed E-state index contributed by atoms with van der Waals surface area (Å²) in [4.78, 5) is 18.2. The van der Waals surface area contributed by atoms with Gasteiger partial charge in [0.15, 0.2) is 0 Å². The fourth-order valence-electron chi connectivity index (χ4n) is 3.23. The molecule has 2 atom stereocenters. The lowest BCUT2D eigenvalue weighted by molar-refractivity contribution is 0.100. The van der Waals surface area contributed by atoms with Crippen LogP contribution >= 0.6 is 12.4 Å². The van der Waals surface area contributed by atoms with Crippen LogP contribution in [0.3, 0.4) is 0 Å². The fourth-order valence-corrected chi connectivity index (χ4v) is 3.23. The van der Waals surface area contributed by atoms with Crippen molar-refractivity contribution in [2.45, 2.75) is 19.4 Å². The summed E-state index contributed by atoms with van der Waals surface area (Å²) in [5.41, 5.74) is 13.8. The van der Waals surface area contributed by atoms with E-state index in [0.717, 1.165) is 30.6 Å². The minimum absolute atomic E-state index is 0. The molecule has 1 aromatic carbocycles. The summed E-state index contributed by atoms with van der Waals surface area (Å²) >= 11 is 0. The van der Waals surface area contributed by atoms with Crippen LogP contribution in [0.25, 0.3) is 10.9 Å². The van der Waals surface area contributed by atoms with E-state index in [-0.39, 0.29) is 18.4 Å². The predicted molar refractivity (Wildman–Crippen MR) is 91.5 cm³/mol. The number of aromatic nitrogens is 1. The Hall–Kier alpha value is -1.85. The summed E-state index contributed by atoms with van der Waals surface area (Å²) in [6.45, 7) is 4.00. The fraction of sp³-hybridized carbons (Fsp3) is 0.375. The molecule has 2 aromatic rings. The second-order valence-electron chi connectivity index (χ2n) is 5.90. The second-order valence-corrected chi connectivity index (χ2v) is 5.90. The van der Waals surface area contributed by atoms with Crippen LogP contribution in [0.15, 0.2) is 30.5 Å². The van der Waals surface area contributed by atoms with Crippen molar-refractivity contribution in [3.05, 3.63) is 36.0 Å². The van der Waals surface area contributed by atoms with Crippen LogP contribution in [0.4, 0.5) is 5.69 Å². The maximum absolute atomic E-state index is 11.6. The van der Waals surface area contributed by atoms with E-state index in [1.165, 1.54) is 0 Å². The number of amides is 1. The third kappa shape index (κ3) is 3.00. The van der Waals surface area contributed by atoms with Crippen LogP contribution in [-0.2, 0) is 0 Å². The van der Waals surface area contributed by atoms with Crippen LogP contribution in [-0.4, -0.2) is 30.0 Å². The van der Waals surface area contributed by atoms with Gasteiger partial charge in [0.05, 0.1) is 11.1 Å². The molecule has 0 bridgehead atoms. The maximum Gasteiger partial charge on any atom is 0.250 e. The number of primary amides is 1. The molecule has 1 fully saturated rings. The van der Waals surface area contributed by atoms with E-state index in [4.69, 9.17) is 11.5 Å². The molecule has 0 saturated carbocycles. The average Bonchev–Trinajstić information content (AvgIpc) is 2.44. The van der Waals surface area contributed by atoms with Crippen molar-refractivity contribution >= 4 is 34.9 Å². The Morgan fingerprint density at radius 1 is 1.32 bits per heavy atom. The molecule has 1 saturated heterocycles. The molecule has 0 aliphatic carbocycles. The van der Waals surface area contributed by atoms with E-state index < -0.39 is 5.91 Å². The van der Waals surface area contributed by atoms with Crippen molar-refractivity contribution in [2.75, 3.05) is 18.0 Å². The van der Waals surface area contributed by atoms with Gasteiger partial charge in [-0.3, -0.25) is 9.78 Å². The number of halogens is 1. The molecule has 6 heteroatoms. The summed E-state index contributed by atoms with van der Waals surface area (Å²) in [6, 6.07) is 7.75. The molecule has 22 heavy (non-hydrogen) atoms. The van der Waals surface area contributed by atoms with Gasteiger partial charge in [0.1, 0.15) is 0 Å². The topological polar surface area (TPSA) is 85.2 Å². The molecule has 1 aliphatic rings. The number of fused-ring (bicyclic) bond motifs is 1. The number of carbonyl (C=O) groups is 1. The number of carbonyl (C=O) groups excluding carboxylic acids is 1. The highest BCUT2D eigenvalue weighted by Gasteiger charge is 2.24. The van der Waals surface area contributed by atoms with Crippen LogP contribution < -0.4 is 16.4 Å². The molecule has 0 spiro atoms. The number of nitrogens with zero attached hydrogens (tertiary/aromatic N) is 2. The monoisotopic (exact) mass is 320 g/mol. The molecule has 1 aliphatic heterocycles. The second kappa shape index (κ2) is 6.50. The van der Waals surface area contributed by atoms with Crippen molar-refractivity contribution < 1.29 is 4.79 Å². The molecule has 3 rings (SSSR count). The van der Waals surface area contributed by atoms with Crippen molar-refractivity contribution in [3.8, 4) is 0 Å². The maximum atomic E-state index is 11.6. The number of nitrogens with two attached hydrogens (primary N) is 2. The van der Waals surface area contributed by atoms with Gasteiger partial charge >= 0.3 is 0 Å². The summed E-state index contributed by atoms with van der Waals surface area (Å²) in [7, 11) is 0. The number of hydrogen-bond acceptors (Lipinski definition) is 4. The first-order valence-corrected chi connectivity index (χ1v) is 7.24. The van der Waals surface area contributed by atoms with Gasteiger partial charge in [0.2, 0.25) is 0 Å². The highest BCUT2D eigenvalue weighted by Crippen LogP contribution is 2.31. The van der Waals surface area contributed by atoms with E-state index in [0.29, 0.717) is 17.0 Å². The largest absolute Gasteiger partial charge is 0.369 e. The molecule has 1 aromatic heterocycles. The Labute approximate surface area is 136 Å². The molecular formula is C16H21ClN4O. The van der Waals surface area contributed by atoms with Gasteiger partial charge in [-0.1, -0.05) is 6.92 Å². The number of rotatable bonds is 2. The average molecular weight is 321 g/mol. The first-order valence-electron chi connectivity index (χ1n) is 7.24. The van der Waals surface area contributed by atoms with Gasteiger partial charge in [-0.15, -0.1) is 12.4 Å². The summed E-state index contributed by atoms with van der Waals surface area (Å²) < 4.78 is 0. The van der Waals surface area contributed by atoms with E-state index in [2.05, 4.69) is 16.8 Å². The molecule has 5 nitrogen and oxygen atoms in total. The Bertz CT molecular complexity index is 681. The minimum atomic E-state index is -0.450. The standard InChI is InChI=1S/C16H20N4O.ClH/c1-10-7-11(17)9-20(8-10)14-5-4-13(16(18)21)15-12(14)3-2-6-19-15;/h2-6,10-11H,7-9,17H2,1H3,(H2,18,21);1H/t10-,11+;/m0./s1. The summed E-state index contributed by atoms with van der Waals surface area (Å²) in [5.74, 6) is 0.102. The zero-order valence-corrected chi connectivity index (χ0v) is 13.3. The molecule has 2 heterocycles. The van der Waals surface area contributed by atoms with Gasteiger partial charge in [0.25, 0.3) is 5.91 Å². The van der Waals surface area contributed by atoms with Gasteiger partial charge in [0, 0.05) is 36.4 Å². The van der Waals surface area contributed by atoms with E-state index in [1.54, 1.807) is 12.3 Å². The lowest BCUT2D eigenvalue weighted by Crippen LogP contribution is -2.46. The molecule has 4 N–H and O–H groups in total. The minimum Gasteiger partial charge on any atom is -0.369 e. The number of benzene rings is 1. The zero-order valence-electron chi connectivity index (χ0n) is 12.5. The highest BCUT2D eigenvalue weighted by atomic mass is 35.5. The molecule has 0 unspecified atom stereocenters. The van der Waals surface area contributed by atoms with E-state index >= 15 is 0 Å². The number of pyridine rings is 1. The number of hydrogen-bond donors (Lipinski definition) is 2. The number of piperidine rings is 1. The van der Waals surface area contributed by atoms with Crippen LogP contribution in [0.5, 0.6) is 0 Å². The smallest absolute Gasteiger partial charge is 0.250 e. The molecular weight excluding hydrogens is 300 g/mol. The summed E-state index contributed by atoms with van der Waals surface area (Å²) in [6.07, 6.45) is 2.73. The van der Waals surface area contributed by atoms with Crippen LogP contribution in [0, 0.1) is 5.92 Å². The Morgan fingerprint density at radius 3 is 2.77 bits per heavy atom. The number of anilines is 1. The molecule has 0 radical (unpaired) electrons. The van der Waals surface area contributed by atoms with Crippen molar-refractivity contribution in [3.63, 3.8) is 0 Å². The van der Waals surface area contributed by atoms with E-state index in [9.17, 15) is 4.79 Å². The van der Waals surface area contributed by atoms with Crippen molar-refractivity contribution in [2.24, 2.45) is 17.4 Å². The predicted octanol–water partition coefficient (Wildman–Crippen LogP) is 1.93. The van der Waals surface area contributed by atoms with Gasteiger partial charge < -0.3 is 16.4 Å². The van der Waals surface area contributed by atoms with Crippen LogP contribution in [0.1, 0.15) is 23.7 Å². The van der Waals surface area contributed by atoms with Gasteiger partial charge in [-0.25, -0.2) is 0 Å². The lowest BCUT2D eigenvalue weighted by atomic mass is 9.95. The Morgan fingerprint density at radius 2 is 2.09 bits per heavy atom.